The Morgan fingerprint density at radius 1 is 1.35 bits per heavy atom. The molecule has 1 aliphatic carbocycles. The van der Waals surface area contributed by atoms with E-state index in [4.69, 9.17) is 4.74 Å². The van der Waals surface area contributed by atoms with Crippen LogP contribution in [0.5, 0.6) is 5.75 Å². The molecule has 1 aromatic rings. The van der Waals surface area contributed by atoms with Crippen LogP contribution >= 0.6 is 0 Å². The van der Waals surface area contributed by atoms with E-state index in [1.54, 1.807) is 7.11 Å². The summed E-state index contributed by atoms with van der Waals surface area (Å²) in [6.07, 6.45) is 5.27. The SMILES string of the molecule is CCC1CCCC1Nc1ccc(C)cc1OC. The maximum Gasteiger partial charge on any atom is 0.142 e. The summed E-state index contributed by atoms with van der Waals surface area (Å²) in [7, 11) is 1.74. The Morgan fingerprint density at radius 2 is 2.18 bits per heavy atom. The van der Waals surface area contributed by atoms with Gasteiger partial charge in [-0.3, -0.25) is 0 Å². The second-order valence-electron chi connectivity index (χ2n) is 5.05. The van der Waals surface area contributed by atoms with Crippen LogP contribution in [0.3, 0.4) is 0 Å². The largest absolute Gasteiger partial charge is 0.495 e. The van der Waals surface area contributed by atoms with Gasteiger partial charge in [0.1, 0.15) is 5.75 Å². The molecule has 2 nitrogen and oxygen atoms in total. The number of rotatable bonds is 4. The monoisotopic (exact) mass is 233 g/mol. The minimum atomic E-state index is 0.622. The van der Waals surface area contributed by atoms with Gasteiger partial charge in [0.25, 0.3) is 0 Å². The van der Waals surface area contributed by atoms with Gasteiger partial charge in [0.2, 0.25) is 0 Å². The Kier molecular flexibility index (Phi) is 3.93. The average molecular weight is 233 g/mol. The van der Waals surface area contributed by atoms with Crippen molar-refractivity contribution in [3.8, 4) is 5.75 Å². The molecule has 2 unspecified atom stereocenters. The molecule has 0 spiro atoms. The van der Waals surface area contributed by atoms with Gasteiger partial charge in [0.15, 0.2) is 0 Å². The van der Waals surface area contributed by atoms with Crippen molar-refractivity contribution in [2.45, 2.75) is 45.6 Å². The molecule has 1 saturated carbocycles. The number of aryl methyl sites for hydroxylation is 1. The van der Waals surface area contributed by atoms with Gasteiger partial charge >= 0.3 is 0 Å². The van der Waals surface area contributed by atoms with Gasteiger partial charge in [-0.2, -0.15) is 0 Å². The van der Waals surface area contributed by atoms with Crippen molar-refractivity contribution in [1.29, 1.82) is 0 Å². The lowest BCUT2D eigenvalue weighted by molar-refractivity contribution is 0.414. The molecular weight excluding hydrogens is 210 g/mol. The first-order valence-electron chi connectivity index (χ1n) is 6.65. The van der Waals surface area contributed by atoms with Crippen molar-refractivity contribution >= 4 is 5.69 Å². The zero-order valence-corrected chi connectivity index (χ0v) is 11.1. The number of hydrogen-bond donors (Lipinski definition) is 1. The summed E-state index contributed by atoms with van der Waals surface area (Å²) in [5.74, 6) is 1.78. The normalized spacial score (nSPS) is 23.7. The Morgan fingerprint density at radius 3 is 2.88 bits per heavy atom. The van der Waals surface area contributed by atoms with Crippen LogP contribution in [-0.2, 0) is 0 Å². The predicted octanol–water partition coefficient (Wildman–Crippen LogP) is 3.99. The van der Waals surface area contributed by atoms with E-state index >= 15 is 0 Å². The topological polar surface area (TPSA) is 21.3 Å². The second kappa shape index (κ2) is 5.44. The minimum absolute atomic E-state index is 0.622. The lowest BCUT2D eigenvalue weighted by Gasteiger charge is -2.22. The first-order valence-corrected chi connectivity index (χ1v) is 6.65. The molecule has 94 valence electrons. The number of methoxy groups -OCH3 is 1. The molecule has 0 heterocycles. The first-order chi connectivity index (χ1) is 8.24. The third kappa shape index (κ3) is 2.74. The molecular formula is C15H23NO. The highest BCUT2D eigenvalue weighted by Crippen LogP contribution is 2.33. The third-order valence-corrected chi connectivity index (χ3v) is 3.88. The highest BCUT2D eigenvalue weighted by molar-refractivity contribution is 5.58. The third-order valence-electron chi connectivity index (χ3n) is 3.88. The summed E-state index contributed by atoms with van der Waals surface area (Å²) < 4.78 is 5.44. The van der Waals surface area contributed by atoms with Crippen molar-refractivity contribution in [1.82, 2.24) is 0 Å². The second-order valence-corrected chi connectivity index (χ2v) is 5.05. The van der Waals surface area contributed by atoms with Crippen molar-refractivity contribution in [2.75, 3.05) is 12.4 Å². The molecule has 2 atom stereocenters. The molecule has 0 saturated heterocycles. The molecule has 1 aliphatic rings. The zero-order chi connectivity index (χ0) is 12.3. The smallest absolute Gasteiger partial charge is 0.142 e. The van der Waals surface area contributed by atoms with Crippen LogP contribution in [0, 0.1) is 12.8 Å². The van der Waals surface area contributed by atoms with Gasteiger partial charge in [-0.25, -0.2) is 0 Å². The fraction of sp³-hybridized carbons (Fsp3) is 0.600. The van der Waals surface area contributed by atoms with E-state index in [2.05, 4.69) is 37.4 Å². The fourth-order valence-electron chi connectivity index (χ4n) is 2.83. The standard InChI is InChI=1S/C15H23NO/c1-4-12-6-5-7-13(12)16-14-9-8-11(2)10-15(14)17-3/h8-10,12-13,16H,4-7H2,1-3H3. The molecule has 1 fully saturated rings. The summed E-state index contributed by atoms with van der Waals surface area (Å²) >= 11 is 0. The van der Waals surface area contributed by atoms with Crippen LogP contribution in [0.15, 0.2) is 18.2 Å². The number of nitrogens with one attached hydrogen (secondary N) is 1. The quantitative estimate of drug-likeness (QED) is 0.849. The predicted molar refractivity (Wildman–Crippen MR) is 72.8 cm³/mol. The minimum Gasteiger partial charge on any atom is -0.495 e. The van der Waals surface area contributed by atoms with Gasteiger partial charge < -0.3 is 10.1 Å². The van der Waals surface area contributed by atoms with Gasteiger partial charge in [0, 0.05) is 6.04 Å². The maximum atomic E-state index is 5.44. The van der Waals surface area contributed by atoms with Crippen LogP contribution in [0.25, 0.3) is 0 Å². The summed E-state index contributed by atoms with van der Waals surface area (Å²) in [4.78, 5) is 0. The highest BCUT2D eigenvalue weighted by atomic mass is 16.5. The van der Waals surface area contributed by atoms with Crippen LogP contribution in [0.4, 0.5) is 5.69 Å². The summed E-state index contributed by atoms with van der Waals surface area (Å²) in [5.41, 5.74) is 2.38. The van der Waals surface area contributed by atoms with Crippen molar-refractivity contribution in [3.05, 3.63) is 23.8 Å². The molecule has 0 aromatic heterocycles. The van der Waals surface area contributed by atoms with Gasteiger partial charge in [0.05, 0.1) is 12.8 Å². The van der Waals surface area contributed by atoms with Gasteiger partial charge in [-0.05, 0) is 43.4 Å². The van der Waals surface area contributed by atoms with Crippen molar-refractivity contribution in [3.63, 3.8) is 0 Å². The molecule has 17 heavy (non-hydrogen) atoms. The van der Waals surface area contributed by atoms with Crippen LogP contribution in [-0.4, -0.2) is 13.2 Å². The van der Waals surface area contributed by atoms with E-state index in [9.17, 15) is 0 Å². The Bertz CT molecular complexity index is 375. The Labute approximate surface area is 104 Å². The van der Waals surface area contributed by atoms with Gasteiger partial charge in [-0.15, -0.1) is 0 Å². The molecule has 2 heteroatoms. The van der Waals surface area contributed by atoms with E-state index in [0.29, 0.717) is 6.04 Å². The van der Waals surface area contributed by atoms with Crippen LogP contribution in [0.2, 0.25) is 0 Å². The number of hydrogen-bond acceptors (Lipinski definition) is 2. The number of benzene rings is 1. The maximum absolute atomic E-state index is 5.44. The van der Waals surface area contributed by atoms with E-state index in [1.165, 1.54) is 31.2 Å². The van der Waals surface area contributed by atoms with Crippen LogP contribution < -0.4 is 10.1 Å². The number of anilines is 1. The lowest BCUT2D eigenvalue weighted by atomic mass is 10.0. The molecule has 1 N–H and O–H groups in total. The van der Waals surface area contributed by atoms with Crippen LogP contribution in [0.1, 0.15) is 38.2 Å². The lowest BCUT2D eigenvalue weighted by Crippen LogP contribution is -2.23. The average Bonchev–Trinajstić information content (AvgIpc) is 2.78. The molecule has 0 amide bonds. The van der Waals surface area contributed by atoms with Gasteiger partial charge in [-0.1, -0.05) is 25.8 Å². The molecule has 0 bridgehead atoms. The molecule has 1 aromatic carbocycles. The number of ether oxygens (including phenoxy) is 1. The van der Waals surface area contributed by atoms with E-state index in [1.807, 2.05) is 0 Å². The summed E-state index contributed by atoms with van der Waals surface area (Å²) in [6.45, 7) is 4.38. The van der Waals surface area contributed by atoms with Crippen molar-refractivity contribution in [2.24, 2.45) is 5.92 Å². The fourth-order valence-corrected chi connectivity index (χ4v) is 2.83. The molecule has 0 radical (unpaired) electrons. The molecule has 0 aliphatic heterocycles. The highest BCUT2D eigenvalue weighted by Gasteiger charge is 2.26. The first kappa shape index (κ1) is 12.3. The van der Waals surface area contributed by atoms with E-state index in [0.717, 1.165) is 17.4 Å². The Balaban J connectivity index is 2.12. The zero-order valence-electron chi connectivity index (χ0n) is 11.1. The van der Waals surface area contributed by atoms with E-state index in [-0.39, 0.29) is 0 Å². The van der Waals surface area contributed by atoms with E-state index < -0.39 is 0 Å². The summed E-state index contributed by atoms with van der Waals surface area (Å²) in [5, 5.41) is 3.66. The summed E-state index contributed by atoms with van der Waals surface area (Å²) in [6, 6.07) is 7.00. The molecule has 2 rings (SSSR count). The Hall–Kier alpha value is -1.18. The van der Waals surface area contributed by atoms with Crippen molar-refractivity contribution < 1.29 is 4.74 Å².